The summed E-state index contributed by atoms with van der Waals surface area (Å²) >= 11 is 6.05. The zero-order valence-electron chi connectivity index (χ0n) is 10.1. The van der Waals surface area contributed by atoms with Crippen molar-refractivity contribution in [1.82, 2.24) is 9.78 Å². The molecule has 94 valence electrons. The molecule has 0 N–H and O–H groups in total. The molecule has 1 aromatic heterocycles. The molecule has 0 aliphatic heterocycles. The van der Waals surface area contributed by atoms with Crippen LogP contribution in [0.2, 0.25) is 5.15 Å². The van der Waals surface area contributed by atoms with Crippen molar-refractivity contribution in [2.45, 2.75) is 20.3 Å². The van der Waals surface area contributed by atoms with Gasteiger partial charge in [0.05, 0.1) is 10.6 Å². The summed E-state index contributed by atoms with van der Waals surface area (Å²) in [4.78, 5) is 10.5. The van der Waals surface area contributed by atoms with Crippen LogP contribution in [0.1, 0.15) is 18.2 Å². The Labute approximate surface area is 109 Å². The SMILES string of the molecule is CCc1nn(-c2cccc(C)c2)c(Cl)c1[N+](=O)[O-]. The van der Waals surface area contributed by atoms with Crippen LogP contribution in [0.15, 0.2) is 24.3 Å². The molecule has 1 aromatic carbocycles. The molecule has 2 rings (SSSR count). The van der Waals surface area contributed by atoms with E-state index < -0.39 is 4.92 Å². The second-order valence-corrected chi connectivity index (χ2v) is 4.31. The van der Waals surface area contributed by atoms with Gasteiger partial charge in [0.15, 0.2) is 0 Å². The molecule has 0 aliphatic carbocycles. The molecule has 0 spiro atoms. The summed E-state index contributed by atoms with van der Waals surface area (Å²) in [5.41, 5.74) is 2.05. The van der Waals surface area contributed by atoms with E-state index in [4.69, 9.17) is 11.6 Å². The quantitative estimate of drug-likeness (QED) is 0.632. The zero-order chi connectivity index (χ0) is 13.3. The van der Waals surface area contributed by atoms with Crippen molar-refractivity contribution in [2.75, 3.05) is 0 Å². The summed E-state index contributed by atoms with van der Waals surface area (Å²) in [6.07, 6.45) is 0.467. The van der Waals surface area contributed by atoms with Crippen LogP contribution in [0.4, 0.5) is 5.69 Å². The average Bonchev–Trinajstić information content (AvgIpc) is 2.66. The standard InChI is InChI=1S/C12H12ClN3O2/c1-3-10-11(16(17)18)12(13)15(14-10)9-6-4-5-8(2)7-9/h4-7H,3H2,1-2H3. The lowest BCUT2D eigenvalue weighted by molar-refractivity contribution is -0.385. The van der Waals surface area contributed by atoms with E-state index in [2.05, 4.69) is 5.10 Å². The summed E-state index contributed by atoms with van der Waals surface area (Å²) in [6.45, 7) is 3.75. The maximum absolute atomic E-state index is 11.0. The molecule has 0 saturated carbocycles. The third-order valence-corrected chi connectivity index (χ3v) is 2.98. The number of nitro groups is 1. The van der Waals surface area contributed by atoms with E-state index in [9.17, 15) is 10.1 Å². The molecule has 0 unspecified atom stereocenters. The van der Waals surface area contributed by atoms with Gasteiger partial charge in [-0.2, -0.15) is 5.10 Å². The van der Waals surface area contributed by atoms with Crippen molar-refractivity contribution in [2.24, 2.45) is 0 Å². The predicted molar refractivity (Wildman–Crippen MR) is 69.3 cm³/mol. The maximum Gasteiger partial charge on any atom is 0.329 e. The molecule has 0 atom stereocenters. The summed E-state index contributed by atoms with van der Waals surface area (Å²) in [6, 6.07) is 7.49. The smallest absolute Gasteiger partial charge is 0.258 e. The van der Waals surface area contributed by atoms with Gasteiger partial charge in [0.1, 0.15) is 5.69 Å². The summed E-state index contributed by atoms with van der Waals surface area (Å²) in [5.74, 6) is 0. The Kier molecular flexibility index (Phi) is 3.34. The van der Waals surface area contributed by atoms with Gasteiger partial charge in [-0.1, -0.05) is 30.7 Å². The molecule has 2 aromatic rings. The summed E-state index contributed by atoms with van der Waals surface area (Å²) in [5, 5.41) is 15.2. The van der Waals surface area contributed by atoms with E-state index >= 15 is 0 Å². The molecule has 0 fully saturated rings. The van der Waals surface area contributed by atoms with E-state index in [1.165, 1.54) is 4.68 Å². The second kappa shape index (κ2) is 4.78. The van der Waals surface area contributed by atoms with E-state index in [1.54, 1.807) is 0 Å². The van der Waals surface area contributed by atoms with Crippen molar-refractivity contribution < 1.29 is 4.92 Å². The van der Waals surface area contributed by atoms with Crippen molar-refractivity contribution >= 4 is 17.3 Å². The van der Waals surface area contributed by atoms with E-state index in [0.717, 1.165) is 11.3 Å². The Bertz CT molecular complexity index is 607. The first-order chi connectivity index (χ1) is 8.54. The monoisotopic (exact) mass is 265 g/mol. The fourth-order valence-corrected chi connectivity index (χ4v) is 2.09. The molecule has 0 saturated heterocycles. The molecule has 0 bridgehead atoms. The van der Waals surface area contributed by atoms with Gasteiger partial charge in [-0.25, -0.2) is 4.68 Å². The number of hydrogen-bond donors (Lipinski definition) is 0. The molecule has 1 heterocycles. The van der Waals surface area contributed by atoms with Gasteiger partial charge in [-0.05, 0) is 31.0 Å². The number of rotatable bonds is 3. The van der Waals surface area contributed by atoms with Crippen LogP contribution in [0.25, 0.3) is 5.69 Å². The number of aryl methyl sites for hydroxylation is 2. The fraction of sp³-hybridized carbons (Fsp3) is 0.250. The predicted octanol–water partition coefficient (Wildman–Crippen LogP) is 3.30. The van der Waals surface area contributed by atoms with Crippen LogP contribution < -0.4 is 0 Å². The largest absolute Gasteiger partial charge is 0.329 e. The Morgan fingerprint density at radius 3 is 2.72 bits per heavy atom. The average molecular weight is 266 g/mol. The Balaban J connectivity index is 2.63. The molecular weight excluding hydrogens is 254 g/mol. The topological polar surface area (TPSA) is 61.0 Å². The minimum atomic E-state index is -0.486. The summed E-state index contributed by atoms with van der Waals surface area (Å²) in [7, 11) is 0. The molecule has 0 aliphatic rings. The lowest BCUT2D eigenvalue weighted by Gasteiger charge is -2.02. The molecule has 0 radical (unpaired) electrons. The highest BCUT2D eigenvalue weighted by Crippen LogP contribution is 2.31. The molecule has 18 heavy (non-hydrogen) atoms. The number of halogens is 1. The first kappa shape index (κ1) is 12.6. The highest BCUT2D eigenvalue weighted by atomic mass is 35.5. The van der Waals surface area contributed by atoms with Crippen molar-refractivity contribution in [3.05, 3.63) is 50.8 Å². The highest BCUT2D eigenvalue weighted by Gasteiger charge is 2.25. The van der Waals surface area contributed by atoms with Crippen molar-refractivity contribution in [3.8, 4) is 5.69 Å². The highest BCUT2D eigenvalue weighted by molar-refractivity contribution is 6.32. The number of hydrogen-bond acceptors (Lipinski definition) is 3. The normalized spacial score (nSPS) is 10.6. The van der Waals surface area contributed by atoms with Gasteiger partial charge >= 0.3 is 5.69 Å². The minimum Gasteiger partial charge on any atom is -0.258 e. The van der Waals surface area contributed by atoms with Crippen LogP contribution in [0, 0.1) is 17.0 Å². The lowest BCUT2D eigenvalue weighted by Crippen LogP contribution is -1.97. The molecule has 5 nitrogen and oxygen atoms in total. The number of benzene rings is 1. The van der Waals surface area contributed by atoms with Crippen molar-refractivity contribution in [1.29, 1.82) is 0 Å². The van der Waals surface area contributed by atoms with E-state index in [-0.39, 0.29) is 10.8 Å². The third-order valence-electron chi connectivity index (χ3n) is 2.64. The number of aromatic nitrogens is 2. The fourth-order valence-electron chi connectivity index (χ4n) is 1.78. The van der Waals surface area contributed by atoms with Crippen LogP contribution in [-0.4, -0.2) is 14.7 Å². The van der Waals surface area contributed by atoms with Gasteiger partial charge in [0, 0.05) is 0 Å². The maximum atomic E-state index is 11.0. The number of nitrogens with zero attached hydrogens (tertiary/aromatic N) is 3. The van der Waals surface area contributed by atoms with Crippen LogP contribution in [0.5, 0.6) is 0 Å². The zero-order valence-corrected chi connectivity index (χ0v) is 10.8. The Hall–Kier alpha value is -1.88. The van der Waals surface area contributed by atoms with Gasteiger partial charge in [0.2, 0.25) is 5.15 Å². The molecular formula is C12H12ClN3O2. The van der Waals surface area contributed by atoms with Crippen LogP contribution >= 0.6 is 11.6 Å². The summed E-state index contributed by atoms with van der Waals surface area (Å²) < 4.78 is 1.41. The molecule has 0 amide bonds. The van der Waals surface area contributed by atoms with Crippen LogP contribution in [-0.2, 0) is 6.42 Å². The third kappa shape index (κ3) is 2.09. The lowest BCUT2D eigenvalue weighted by atomic mass is 10.2. The van der Waals surface area contributed by atoms with E-state index in [0.29, 0.717) is 12.1 Å². The Morgan fingerprint density at radius 1 is 1.50 bits per heavy atom. The van der Waals surface area contributed by atoms with Gasteiger partial charge < -0.3 is 0 Å². The first-order valence-corrected chi connectivity index (χ1v) is 5.91. The van der Waals surface area contributed by atoms with Gasteiger partial charge in [-0.15, -0.1) is 0 Å². The van der Waals surface area contributed by atoms with Gasteiger partial charge in [-0.3, -0.25) is 10.1 Å². The first-order valence-electron chi connectivity index (χ1n) is 5.53. The van der Waals surface area contributed by atoms with Crippen LogP contribution in [0.3, 0.4) is 0 Å². The Morgan fingerprint density at radius 2 is 2.22 bits per heavy atom. The van der Waals surface area contributed by atoms with E-state index in [1.807, 2.05) is 38.1 Å². The molecule has 6 heteroatoms. The van der Waals surface area contributed by atoms with Gasteiger partial charge in [0.25, 0.3) is 0 Å². The van der Waals surface area contributed by atoms with Crippen molar-refractivity contribution in [3.63, 3.8) is 0 Å². The second-order valence-electron chi connectivity index (χ2n) is 3.95. The minimum absolute atomic E-state index is 0.0439.